The third-order valence-corrected chi connectivity index (χ3v) is 11.7. The molecule has 35 heavy (non-hydrogen) atoms. The molecule has 4 aliphatic rings. The molecule has 7 unspecified atom stereocenters. The van der Waals surface area contributed by atoms with Gasteiger partial charge in [0, 0.05) is 23.8 Å². The van der Waals surface area contributed by atoms with Gasteiger partial charge in [-0.2, -0.15) is 0 Å². The lowest BCUT2D eigenvalue weighted by molar-refractivity contribution is -0.146. The van der Waals surface area contributed by atoms with Crippen LogP contribution < -0.4 is 0 Å². The number of Topliss-reactive ketones (excluding diaryl/α,β-unsaturated/α-hetero) is 1. The Balaban J connectivity index is 1.59. The molecule has 0 aliphatic heterocycles. The molecule has 194 valence electrons. The van der Waals surface area contributed by atoms with E-state index in [0.29, 0.717) is 35.5 Å². The first-order valence-corrected chi connectivity index (χ1v) is 13.8. The number of carbonyl (C=O) groups is 3. The van der Waals surface area contributed by atoms with E-state index in [0.717, 1.165) is 25.7 Å². The quantitative estimate of drug-likeness (QED) is 0.244. The van der Waals surface area contributed by atoms with Gasteiger partial charge < -0.3 is 4.74 Å². The first-order valence-electron chi connectivity index (χ1n) is 13.8. The van der Waals surface area contributed by atoms with Crippen LogP contribution in [0.15, 0.2) is 23.3 Å². The van der Waals surface area contributed by atoms with Crippen LogP contribution in [-0.4, -0.2) is 24.6 Å². The van der Waals surface area contributed by atoms with Gasteiger partial charge >= 0.3 is 5.97 Å². The van der Waals surface area contributed by atoms with E-state index >= 15 is 0 Å². The zero-order chi connectivity index (χ0) is 26.0. The minimum atomic E-state index is -0.437. The average molecular weight is 483 g/mol. The van der Waals surface area contributed by atoms with E-state index in [1.807, 2.05) is 0 Å². The second-order valence-electron chi connectivity index (χ2n) is 13.6. The third-order valence-electron chi connectivity index (χ3n) is 11.7. The lowest BCUT2D eigenvalue weighted by atomic mass is 9.41. The van der Waals surface area contributed by atoms with E-state index in [4.69, 9.17) is 4.74 Å². The zero-order valence-electron chi connectivity index (χ0n) is 23.3. The van der Waals surface area contributed by atoms with Crippen LogP contribution in [0.25, 0.3) is 0 Å². The number of ketones is 2. The molecule has 4 rings (SSSR count). The summed E-state index contributed by atoms with van der Waals surface area (Å²) in [6.07, 6.45) is 11.9. The molecule has 0 spiro atoms. The van der Waals surface area contributed by atoms with Gasteiger partial charge in [-0.3, -0.25) is 9.59 Å². The highest BCUT2D eigenvalue weighted by Gasteiger charge is 2.65. The van der Waals surface area contributed by atoms with Gasteiger partial charge in [0.15, 0.2) is 5.78 Å². The van der Waals surface area contributed by atoms with Crippen LogP contribution in [0.1, 0.15) is 99.8 Å². The summed E-state index contributed by atoms with van der Waals surface area (Å²) in [5.41, 5.74) is 2.31. The molecule has 0 saturated heterocycles. The fourth-order valence-electron chi connectivity index (χ4n) is 9.45. The molecular formula is C31H46O4. The summed E-state index contributed by atoms with van der Waals surface area (Å²) in [4.78, 5) is 37.3. The van der Waals surface area contributed by atoms with E-state index in [2.05, 4.69) is 47.6 Å². The highest BCUT2D eigenvalue weighted by atomic mass is 16.5. The van der Waals surface area contributed by atoms with E-state index in [9.17, 15) is 14.4 Å². The number of hydrogen-bond acceptors (Lipinski definition) is 4. The van der Waals surface area contributed by atoms with Crippen molar-refractivity contribution in [1.29, 1.82) is 0 Å². The Labute approximate surface area is 212 Å². The predicted octanol–water partition coefficient (Wildman–Crippen LogP) is 6.88. The Morgan fingerprint density at radius 2 is 1.80 bits per heavy atom. The molecule has 0 radical (unpaired) electrons. The molecule has 3 saturated carbocycles. The number of ether oxygens (including phenoxy) is 1. The number of allylic oxidation sites excluding steroid dienone is 3. The fourth-order valence-corrected chi connectivity index (χ4v) is 9.45. The Bertz CT molecular complexity index is 986. The van der Waals surface area contributed by atoms with Crippen LogP contribution in [0, 0.1) is 45.3 Å². The molecular weight excluding hydrogens is 436 g/mol. The summed E-state index contributed by atoms with van der Waals surface area (Å²) in [7, 11) is 1.35. The Hall–Kier alpha value is -1.71. The Morgan fingerprint density at radius 1 is 1.11 bits per heavy atom. The van der Waals surface area contributed by atoms with Crippen molar-refractivity contribution in [2.45, 2.75) is 99.8 Å². The molecule has 4 nitrogen and oxygen atoms in total. The van der Waals surface area contributed by atoms with Gasteiger partial charge in [-0.1, -0.05) is 53.2 Å². The van der Waals surface area contributed by atoms with Crippen molar-refractivity contribution in [3.63, 3.8) is 0 Å². The third kappa shape index (κ3) is 3.80. The summed E-state index contributed by atoms with van der Waals surface area (Å²) >= 11 is 0. The van der Waals surface area contributed by atoms with Crippen LogP contribution in [0.3, 0.4) is 0 Å². The number of rotatable bonds is 5. The number of hydrogen-bond donors (Lipinski definition) is 0. The predicted molar refractivity (Wildman–Crippen MR) is 139 cm³/mol. The fraction of sp³-hybridized carbons (Fsp3) is 0.774. The van der Waals surface area contributed by atoms with Crippen molar-refractivity contribution in [2.75, 3.05) is 7.11 Å². The largest absolute Gasteiger partial charge is 0.466 e. The van der Waals surface area contributed by atoms with Gasteiger partial charge in [-0.15, -0.1) is 0 Å². The van der Waals surface area contributed by atoms with Crippen LogP contribution in [-0.2, 0) is 19.1 Å². The van der Waals surface area contributed by atoms with Crippen LogP contribution in [0.2, 0.25) is 0 Å². The van der Waals surface area contributed by atoms with Gasteiger partial charge in [-0.05, 0) is 91.4 Å². The molecule has 4 heteroatoms. The van der Waals surface area contributed by atoms with Crippen molar-refractivity contribution in [2.24, 2.45) is 45.3 Å². The number of methoxy groups -OCH3 is 1. The van der Waals surface area contributed by atoms with Crippen LogP contribution in [0.4, 0.5) is 0 Å². The number of esters is 1. The Kier molecular flexibility index (Phi) is 6.55. The zero-order valence-corrected chi connectivity index (χ0v) is 23.3. The highest BCUT2D eigenvalue weighted by Crippen LogP contribution is 2.73. The van der Waals surface area contributed by atoms with Crippen LogP contribution >= 0.6 is 0 Å². The van der Waals surface area contributed by atoms with Gasteiger partial charge in [0.1, 0.15) is 5.78 Å². The minimum absolute atomic E-state index is 0.0210. The standard InChI is InChI=1S/C31H46O4/c1-19(17-21(32)18-20(2)27(34)35-8)22-11-15-31(7)24-9-10-25-28(3,4)26(33)13-14-29(25,5)23(24)12-16-30(22,31)6/h9,18-19,22-23,25H,10-17H2,1-8H3. The van der Waals surface area contributed by atoms with Crippen molar-refractivity contribution < 1.29 is 19.1 Å². The monoisotopic (exact) mass is 482 g/mol. The topological polar surface area (TPSA) is 60.4 Å². The molecule has 0 aromatic rings. The highest BCUT2D eigenvalue weighted by molar-refractivity contribution is 5.99. The van der Waals surface area contributed by atoms with Gasteiger partial charge in [0.05, 0.1) is 7.11 Å². The molecule has 0 amide bonds. The summed E-state index contributed by atoms with van der Waals surface area (Å²) in [6, 6.07) is 0. The summed E-state index contributed by atoms with van der Waals surface area (Å²) < 4.78 is 4.75. The smallest absolute Gasteiger partial charge is 0.333 e. The molecule has 7 atom stereocenters. The van der Waals surface area contributed by atoms with Crippen molar-refractivity contribution in [1.82, 2.24) is 0 Å². The van der Waals surface area contributed by atoms with E-state index in [-0.39, 0.29) is 33.4 Å². The summed E-state index contributed by atoms with van der Waals surface area (Å²) in [6.45, 7) is 15.7. The maximum atomic E-state index is 12.8. The summed E-state index contributed by atoms with van der Waals surface area (Å²) in [5.74, 6) is 1.77. The van der Waals surface area contributed by atoms with E-state index in [1.54, 1.807) is 12.5 Å². The second-order valence-corrected chi connectivity index (χ2v) is 13.6. The summed E-state index contributed by atoms with van der Waals surface area (Å²) in [5, 5.41) is 0. The molecule has 4 aliphatic carbocycles. The average Bonchev–Trinajstić information content (AvgIpc) is 3.07. The van der Waals surface area contributed by atoms with Crippen molar-refractivity contribution in [3.8, 4) is 0 Å². The molecule has 0 N–H and O–H groups in total. The maximum absolute atomic E-state index is 12.8. The Morgan fingerprint density at radius 3 is 2.46 bits per heavy atom. The number of carbonyl (C=O) groups excluding carboxylic acids is 3. The van der Waals surface area contributed by atoms with E-state index in [1.165, 1.54) is 32.4 Å². The SMILES string of the molecule is COC(=O)C(C)=CC(=O)CC(C)C1CCC2(C)C3=CCC4C(C)(C)C(=O)CCC4(C)C3CCC12C. The molecule has 0 aromatic heterocycles. The van der Waals surface area contributed by atoms with E-state index < -0.39 is 5.97 Å². The molecule has 0 heterocycles. The number of fused-ring (bicyclic) bond motifs is 5. The molecule has 0 aromatic carbocycles. The molecule has 3 fully saturated rings. The molecule has 0 bridgehead atoms. The normalized spacial score (nSPS) is 41.3. The maximum Gasteiger partial charge on any atom is 0.333 e. The van der Waals surface area contributed by atoms with Gasteiger partial charge in [0.2, 0.25) is 0 Å². The lowest BCUT2D eigenvalue weighted by Crippen LogP contribution is -2.57. The van der Waals surface area contributed by atoms with Gasteiger partial charge in [0.25, 0.3) is 0 Å². The van der Waals surface area contributed by atoms with Crippen molar-refractivity contribution >= 4 is 17.5 Å². The van der Waals surface area contributed by atoms with Crippen molar-refractivity contribution in [3.05, 3.63) is 23.3 Å². The second kappa shape index (κ2) is 8.70. The minimum Gasteiger partial charge on any atom is -0.466 e. The first kappa shape index (κ1) is 26.4. The lowest BCUT2D eigenvalue weighted by Gasteiger charge is -2.63. The van der Waals surface area contributed by atoms with Crippen LogP contribution in [0.5, 0.6) is 0 Å². The van der Waals surface area contributed by atoms with Gasteiger partial charge in [-0.25, -0.2) is 4.79 Å². The first-order chi connectivity index (χ1) is 16.2.